The molecule has 1 atom stereocenters. The van der Waals surface area contributed by atoms with Gasteiger partial charge >= 0.3 is 0 Å². The van der Waals surface area contributed by atoms with Crippen LogP contribution in [0.3, 0.4) is 0 Å². The Morgan fingerprint density at radius 3 is 2.06 bits per heavy atom. The molecule has 6 nitrogen and oxygen atoms in total. The van der Waals surface area contributed by atoms with E-state index in [1.807, 2.05) is 0 Å². The summed E-state index contributed by atoms with van der Waals surface area (Å²) in [6.07, 6.45) is 0. The van der Waals surface area contributed by atoms with E-state index in [2.05, 4.69) is 6.58 Å². The molecule has 0 aromatic carbocycles. The van der Waals surface area contributed by atoms with Crippen molar-refractivity contribution in [2.24, 2.45) is 0 Å². The third-order valence-electron chi connectivity index (χ3n) is 2.35. The molecule has 1 rings (SSSR count). The maximum absolute atomic E-state index is 11.7. The number of rotatable bonds is 0. The molecule has 0 unspecified atom stereocenters. The number of carbonyl (C=O) groups is 4. The lowest BCUT2D eigenvalue weighted by atomic mass is 10.1. The number of piperazine rings is 1. The van der Waals surface area contributed by atoms with Crippen LogP contribution in [0.25, 0.3) is 0 Å². The maximum atomic E-state index is 11.7. The second-order valence-electron chi connectivity index (χ2n) is 3.51. The molecule has 86 valence electrons. The third-order valence-corrected chi connectivity index (χ3v) is 2.35. The van der Waals surface area contributed by atoms with E-state index in [1.165, 1.54) is 13.8 Å². The Bertz CT molecular complexity index is 413. The normalized spacial score (nSPS) is 21.4. The van der Waals surface area contributed by atoms with E-state index in [0.29, 0.717) is 4.90 Å². The van der Waals surface area contributed by atoms with Crippen LogP contribution < -0.4 is 0 Å². The van der Waals surface area contributed by atoms with Crippen molar-refractivity contribution in [3.05, 3.63) is 12.3 Å². The third kappa shape index (κ3) is 1.62. The summed E-state index contributed by atoms with van der Waals surface area (Å²) in [5.74, 6) is -2.46. The minimum atomic E-state index is -0.973. The van der Waals surface area contributed by atoms with Crippen LogP contribution in [0.1, 0.15) is 20.8 Å². The van der Waals surface area contributed by atoms with E-state index in [0.717, 1.165) is 11.8 Å². The van der Waals surface area contributed by atoms with E-state index < -0.39 is 29.7 Å². The molecule has 0 aromatic heterocycles. The van der Waals surface area contributed by atoms with Gasteiger partial charge in [0.15, 0.2) is 0 Å². The van der Waals surface area contributed by atoms with Gasteiger partial charge in [-0.3, -0.25) is 24.1 Å². The minimum Gasteiger partial charge on any atom is -0.275 e. The van der Waals surface area contributed by atoms with E-state index in [9.17, 15) is 19.2 Å². The quantitative estimate of drug-likeness (QED) is 0.527. The summed E-state index contributed by atoms with van der Waals surface area (Å²) in [6, 6.07) is -0.973. The molecule has 0 N–H and O–H groups in total. The number of hydrogen-bond donors (Lipinski definition) is 0. The van der Waals surface area contributed by atoms with Gasteiger partial charge in [-0.2, -0.15) is 0 Å². The van der Waals surface area contributed by atoms with Gasteiger partial charge in [0.1, 0.15) is 11.7 Å². The van der Waals surface area contributed by atoms with E-state index >= 15 is 0 Å². The topological polar surface area (TPSA) is 74.8 Å². The maximum Gasteiger partial charge on any atom is 0.277 e. The van der Waals surface area contributed by atoms with Crippen LogP contribution >= 0.6 is 0 Å². The first-order valence-electron chi connectivity index (χ1n) is 4.66. The summed E-state index contributed by atoms with van der Waals surface area (Å²) in [7, 11) is 0. The smallest absolute Gasteiger partial charge is 0.275 e. The van der Waals surface area contributed by atoms with Crippen molar-refractivity contribution in [1.82, 2.24) is 9.80 Å². The number of hydrogen-bond acceptors (Lipinski definition) is 4. The summed E-state index contributed by atoms with van der Waals surface area (Å²) in [4.78, 5) is 47.3. The minimum absolute atomic E-state index is 0.286. The second kappa shape index (κ2) is 3.88. The molecule has 0 radical (unpaired) electrons. The van der Waals surface area contributed by atoms with Gasteiger partial charge in [-0.1, -0.05) is 6.58 Å². The molecule has 6 heteroatoms. The summed E-state index contributed by atoms with van der Waals surface area (Å²) < 4.78 is 0. The van der Waals surface area contributed by atoms with Gasteiger partial charge < -0.3 is 0 Å². The Balaban J connectivity index is 3.19. The van der Waals surface area contributed by atoms with Crippen LogP contribution in [0.5, 0.6) is 0 Å². The molecule has 1 heterocycles. The zero-order valence-corrected chi connectivity index (χ0v) is 9.31. The molecule has 0 aliphatic carbocycles. The van der Waals surface area contributed by atoms with Crippen molar-refractivity contribution in [2.45, 2.75) is 26.8 Å². The van der Waals surface area contributed by atoms with Gasteiger partial charge in [0.25, 0.3) is 11.8 Å². The van der Waals surface area contributed by atoms with Crippen LogP contribution in [0.2, 0.25) is 0 Å². The zero-order chi connectivity index (χ0) is 12.6. The molecule has 0 saturated carbocycles. The summed E-state index contributed by atoms with van der Waals surface area (Å²) in [5.41, 5.74) is -0.286. The summed E-state index contributed by atoms with van der Waals surface area (Å²) in [5, 5.41) is 0. The number of amides is 4. The molecule has 0 spiro atoms. The Hall–Kier alpha value is -1.98. The molecule has 1 aliphatic heterocycles. The average molecular weight is 224 g/mol. The Morgan fingerprint density at radius 1 is 1.19 bits per heavy atom. The summed E-state index contributed by atoms with van der Waals surface area (Å²) >= 11 is 0. The first-order chi connectivity index (χ1) is 7.29. The first kappa shape index (κ1) is 12.1. The Labute approximate surface area is 92.5 Å². The van der Waals surface area contributed by atoms with E-state index in [-0.39, 0.29) is 5.70 Å². The van der Waals surface area contributed by atoms with Crippen LogP contribution in [-0.2, 0) is 19.2 Å². The number of imide groups is 2. The lowest BCUT2D eigenvalue weighted by molar-refractivity contribution is -0.161. The SMILES string of the molecule is C=C1C(=O)N(C(C)=O)[C@H](C)C(=O)N1C(C)=O. The average Bonchev–Trinajstić information content (AvgIpc) is 2.14. The lowest BCUT2D eigenvalue weighted by Gasteiger charge is -2.36. The number of nitrogens with zero attached hydrogens (tertiary/aromatic N) is 2. The fourth-order valence-electron chi connectivity index (χ4n) is 1.60. The van der Waals surface area contributed by atoms with Crippen molar-refractivity contribution in [3.8, 4) is 0 Å². The van der Waals surface area contributed by atoms with Crippen LogP contribution in [0.15, 0.2) is 12.3 Å². The summed E-state index contributed by atoms with van der Waals surface area (Å²) in [6.45, 7) is 7.09. The van der Waals surface area contributed by atoms with Gasteiger partial charge in [0.2, 0.25) is 11.8 Å². The van der Waals surface area contributed by atoms with Crippen molar-refractivity contribution < 1.29 is 19.2 Å². The van der Waals surface area contributed by atoms with E-state index in [1.54, 1.807) is 0 Å². The highest BCUT2D eigenvalue weighted by Gasteiger charge is 2.43. The van der Waals surface area contributed by atoms with Crippen molar-refractivity contribution in [3.63, 3.8) is 0 Å². The van der Waals surface area contributed by atoms with Crippen LogP contribution in [0, 0.1) is 0 Å². The molecule has 1 fully saturated rings. The van der Waals surface area contributed by atoms with Crippen molar-refractivity contribution >= 4 is 23.6 Å². The van der Waals surface area contributed by atoms with Gasteiger partial charge in [-0.25, -0.2) is 4.90 Å². The monoisotopic (exact) mass is 224 g/mol. The predicted molar refractivity (Wildman–Crippen MR) is 53.7 cm³/mol. The molecule has 4 amide bonds. The number of carbonyl (C=O) groups excluding carboxylic acids is 4. The molecule has 0 bridgehead atoms. The Kier molecular flexibility index (Phi) is 2.93. The van der Waals surface area contributed by atoms with Gasteiger partial charge in [-0.15, -0.1) is 0 Å². The highest BCUT2D eigenvalue weighted by atomic mass is 16.2. The first-order valence-corrected chi connectivity index (χ1v) is 4.66. The fourth-order valence-corrected chi connectivity index (χ4v) is 1.60. The fraction of sp³-hybridized carbons (Fsp3) is 0.400. The van der Waals surface area contributed by atoms with E-state index in [4.69, 9.17) is 0 Å². The van der Waals surface area contributed by atoms with Crippen molar-refractivity contribution in [1.29, 1.82) is 0 Å². The molecular weight excluding hydrogens is 212 g/mol. The zero-order valence-electron chi connectivity index (χ0n) is 9.31. The van der Waals surface area contributed by atoms with Gasteiger partial charge in [-0.05, 0) is 6.92 Å². The predicted octanol–water partition coefficient (Wildman–Crippen LogP) is -0.348. The largest absolute Gasteiger partial charge is 0.277 e. The second-order valence-corrected chi connectivity index (χ2v) is 3.51. The molecule has 16 heavy (non-hydrogen) atoms. The van der Waals surface area contributed by atoms with Crippen LogP contribution in [-0.4, -0.2) is 39.5 Å². The molecule has 1 aliphatic rings. The molecular formula is C10H12N2O4. The lowest BCUT2D eigenvalue weighted by Crippen LogP contribution is -2.59. The van der Waals surface area contributed by atoms with Crippen molar-refractivity contribution in [2.75, 3.05) is 0 Å². The highest BCUT2D eigenvalue weighted by Crippen LogP contribution is 2.20. The highest BCUT2D eigenvalue weighted by molar-refractivity contribution is 6.16. The van der Waals surface area contributed by atoms with Crippen LogP contribution in [0.4, 0.5) is 0 Å². The van der Waals surface area contributed by atoms with Gasteiger partial charge in [0.05, 0.1) is 0 Å². The standard InChI is InChI=1S/C10H12N2O4/c1-5-9(15)12(8(4)14)6(2)10(16)11(5)7(3)13/h6H,1H2,2-4H3/t6-/m1/s1. The molecule has 1 saturated heterocycles. The van der Waals surface area contributed by atoms with Gasteiger partial charge in [0, 0.05) is 13.8 Å². The Morgan fingerprint density at radius 2 is 1.69 bits per heavy atom. The molecule has 0 aromatic rings.